The van der Waals surface area contributed by atoms with Gasteiger partial charge in [-0.3, -0.25) is 4.99 Å². The molecule has 0 spiro atoms. The molecule has 0 amide bonds. The molecule has 0 fully saturated rings. The largest absolute Gasteiger partial charge is 0.489 e. The van der Waals surface area contributed by atoms with E-state index in [1.54, 1.807) is 18.5 Å². The van der Waals surface area contributed by atoms with Crippen LogP contribution in [0.5, 0.6) is 5.75 Å². The highest BCUT2D eigenvalue weighted by atomic mass is 16.5. The van der Waals surface area contributed by atoms with Gasteiger partial charge >= 0.3 is 0 Å². The molecule has 84 valence electrons. The third kappa shape index (κ3) is 4.13. The van der Waals surface area contributed by atoms with E-state index in [9.17, 15) is 0 Å². The number of aryl methyl sites for hydroxylation is 1. The molecule has 16 heavy (non-hydrogen) atoms. The van der Waals surface area contributed by atoms with E-state index in [-0.39, 0.29) is 0 Å². The van der Waals surface area contributed by atoms with Gasteiger partial charge in [0.25, 0.3) is 0 Å². The Morgan fingerprint density at radius 3 is 2.62 bits per heavy atom. The predicted molar refractivity (Wildman–Crippen MR) is 69.1 cm³/mol. The Kier molecular flexibility index (Phi) is 5.06. The summed E-state index contributed by atoms with van der Waals surface area (Å²) in [5.74, 6) is 0.860. The second-order valence-electron chi connectivity index (χ2n) is 3.42. The van der Waals surface area contributed by atoms with E-state index in [2.05, 4.69) is 18.5 Å². The van der Waals surface area contributed by atoms with E-state index in [1.807, 2.05) is 31.2 Å². The van der Waals surface area contributed by atoms with Crippen LogP contribution >= 0.6 is 0 Å². The Balaban J connectivity index is 2.56. The van der Waals surface area contributed by atoms with Crippen LogP contribution in [0.1, 0.15) is 12.5 Å². The topological polar surface area (TPSA) is 21.6 Å². The molecule has 0 atom stereocenters. The van der Waals surface area contributed by atoms with Crippen molar-refractivity contribution in [2.24, 2.45) is 4.99 Å². The Morgan fingerprint density at radius 1 is 1.38 bits per heavy atom. The van der Waals surface area contributed by atoms with Gasteiger partial charge in [-0.1, -0.05) is 30.4 Å². The minimum atomic E-state index is 0.490. The van der Waals surface area contributed by atoms with Crippen molar-refractivity contribution in [1.82, 2.24) is 0 Å². The number of rotatable bonds is 5. The highest BCUT2D eigenvalue weighted by molar-refractivity contribution is 5.54. The average molecular weight is 215 g/mol. The molecule has 0 aliphatic rings. The number of hydrogen-bond donors (Lipinski definition) is 0. The van der Waals surface area contributed by atoms with Crippen LogP contribution in [0.4, 0.5) is 0 Å². The number of ether oxygens (including phenoxy) is 1. The van der Waals surface area contributed by atoms with Crippen LogP contribution in [0.15, 0.2) is 53.7 Å². The lowest BCUT2D eigenvalue weighted by molar-refractivity contribution is 0.355. The van der Waals surface area contributed by atoms with Gasteiger partial charge in [-0.25, -0.2) is 0 Å². The summed E-state index contributed by atoms with van der Waals surface area (Å²) in [5, 5.41) is 0. The quantitative estimate of drug-likeness (QED) is 0.544. The lowest BCUT2D eigenvalue weighted by Crippen LogP contribution is -1.99. The maximum Gasteiger partial charge on any atom is 0.119 e. The fraction of sp³-hybridized carbons (Fsp3) is 0.214. The van der Waals surface area contributed by atoms with Crippen LogP contribution in [-0.2, 0) is 0 Å². The minimum absolute atomic E-state index is 0.490. The minimum Gasteiger partial charge on any atom is -0.489 e. The third-order valence-electron chi connectivity index (χ3n) is 2.08. The molecule has 2 nitrogen and oxygen atoms in total. The first-order valence-corrected chi connectivity index (χ1v) is 5.25. The summed E-state index contributed by atoms with van der Waals surface area (Å²) in [6, 6.07) is 7.96. The van der Waals surface area contributed by atoms with Crippen molar-refractivity contribution in [1.29, 1.82) is 0 Å². The number of nitrogens with zero attached hydrogens (tertiary/aromatic N) is 1. The molecule has 0 bridgehead atoms. The molecule has 0 saturated heterocycles. The van der Waals surface area contributed by atoms with Crippen LogP contribution in [0, 0.1) is 6.92 Å². The zero-order valence-corrected chi connectivity index (χ0v) is 9.81. The Hall–Kier alpha value is -1.83. The van der Waals surface area contributed by atoms with E-state index < -0.39 is 0 Å². The van der Waals surface area contributed by atoms with Gasteiger partial charge in [0.2, 0.25) is 0 Å². The van der Waals surface area contributed by atoms with Gasteiger partial charge in [0.1, 0.15) is 12.4 Å². The molecular weight excluding hydrogens is 198 g/mol. The number of hydrogen-bond acceptors (Lipinski definition) is 2. The van der Waals surface area contributed by atoms with Gasteiger partial charge in [0.05, 0.1) is 0 Å². The van der Waals surface area contributed by atoms with Crippen LogP contribution in [-0.4, -0.2) is 12.8 Å². The number of benzene rings is 1. The van der Waals surface area contributed by atoms with E-state index in [1.165, 1.54) is 5.56 Å². The Morgan fingerprint density at radius 2 is 2.06 bits per heavy atom. The van der Waals surface area contributed by atoms with Crippen molar-refractivity contribution in [3.05, 3.63) is 54.3 Å². The maximum atomic E-state index is 5.60. The second kappa shape index (κ2) is 6.62. The van der Waals surface area contributed by atoms with Gasteiger partial charge in [-0.15, -0.1) is 0 Å². The lowest BCUT2D eigenvalue weighted by Gasteiger charge is -2.06. The third-order valence-corrected chi connectivity index (χ3v) is 2.08. The van der Waals surface area contributed by atoms with Crippen molar-refractivity contribution in [2.45, 2.75) is 13.8 Å². The predicted octanol–water partition coefficient (Wildman–Crippen LogP) is 3.53. The van der Waals surface area contributed by atoms with Crippen LogP contribution in [0.2, 0.25) is 0 Å². The fourth-order valence-electron chi connectivity index (χ4n) is 1.12. The van der Waals surface area contributed by atoms with Crippen molar-refractivity contribution in [2.75, 3.05) is 6.61 Å². The molecule has 0 aliphatic carbocycles. The zero-order valence-electron chi connectivity index (χ0n) is 9.81. The summed E-state index contributed by atoms with van der Waals surface area (Å²) >= 11 is 0. The highest BCUT2D eigenvalue weighted by Gasteiger charge is 1.95. The van der Waals surface area contributed by atoms with E-state index in [0.29, 0.717) is 6.61 Å². The second-order valence-corrected chi connectivity index (χ2v) is 3.42. The van der Waals surface area contributed by atoms with E-state index in [0.717, 1.165) is 11.3 Å². The van der Waals surface area contributed by atoms with Crippen molar-refractivity contribution >= 4 is 6.21 Å². The SMILES string of the molecule is C=CC(=CN=CC)COc1ccc(C)cc1. The summed E-state index contributed by atoms with van der Waals surface area (Å²) < 4.78 is 5.60. The van der Waals surface area contributed by atoms with Crippen molar-refractivity contribution < 1.29 is 4.74 Å². The van der Waals surface area contributed by atoms with Crippen LogP contribution < -0.4 is 4.74 Å². The molecule has 1 aromatic carbocycles. The Bertz CT molecular complexity index is 388. The molecule has 0 N–H and O–H groups in total. The molecule has 1 aromatic rings. The molecule has 1 rings (SSSR count). The first-order chi connectivity index (χ1) is 7.76. The maximum absolute atomic E-state index is 5.60. The molecular formula is C14H17NO. The molecule has 0 aromatic heterocycles. The van der Waals surface area contributed by atoms with Crippen LogP contribution in [0.3, 0.4) is 0 Å². The molecule has 0 saturated carbocycles. The lowest BCUT2D eigenvalue weighted by atomic mass is 10.2. The highest BCUT2D eigenvalue weighted by Crippen LogP contribution is 2.12. The summed E-state index contributed by atoms with van der Waals surface area (Å²) in [6.45, 7) is 8.13. The van der Waals surface area contributed by atoms with Crippen molar-refractivity contribution in [3.63, 3.8) is 0 Å². The zero-order chi connectivity index (χ0) is 11.8. The standard InChI is InChI=1S/C14H17NO/c1-4-13(10-15-5-2)11-16-14-8-6-12(3)7-9-14/h4-10H,1,11H2,2-3H3. The average Bonchev–Trinajstić information content (AvgIpc) is 2.32. The van der Waals surface area contributed by atoms with Crippen LogP contribution in [0.25, 0.3) is 0 Å². The van der Waals surface area contributed by atoms with E-state index in [4.69, 9.17) is 4.74 Å². The number of aliphatic imine (C=N–C) groups is 1. The molecule has 0 heterocycles. The first-order valence-electron chi connectivity index (χ1n) is 5.25. The molecule has 0 unspecified atom stereocenters. The summed E-state index contributed by atoms with van der Waals surface area (Å²) in [7, 11) is 0. The summed E-state index contributed by atoms with van der Waals surface area (Å²) in [5.41, 5.74) is 2.18. The normalized spacial score (nSPS) is 11.8. The smallest absolute Gasteiger partial charge is 0.119 e. The van der Waals surface area contributed by atoms with E-state index >= 15 is 0 Å². The first kappa shape index (κ1) is 12.2. The van der Waals surface area contributed by atoms with Gasteiger partial charge < -0.3 is 4.74 Å². The van der Waals surface area contributed by atoms with Gasteiger partial charge in [-0.2, -0.15) is 0 Å². The van der Waals surface area contributed by atoms with Gasteiger partial charge in [0.15, 0.2) is 0 Å². The fourth-order valence-corrected chi connectivity index (χ4v) is 1.12. The Labute approximate surface area is 97.0 Å². The molecule has 0 aliphatic heterocycles. The summed E-state index contributed by atoms with van der Waals surface area (Å²) in [4.78, 5) is 4.03. The van der Waals surface area contributed by atoms with Gasteiger partial charge in [-0.05, 0) is 26.0 Å². The monoisotopic (exact) mass is 215 g/mol. The van der Waals surface area contributed by atoms with Gasteiger partial charge in [0, 0.05) is 18.0 Å². The molecule has 2 heteroatoms. The van der Waals surface area contributed by atoms with Crippen molar-refractivity contribution in [3.8, 4) is 5.75 Å². The summed E-state index contributed by atoms with van der Waals surface area (Å²) in [6.07, 6.45) is 5.23. The molecule has 0 radical (unpaired) electrons.